The minimum atomic E-state index is -0.363. The average molecular weight is 387 g/mol. The first-order valence-corrected chi connectivity index (χ1v) is 10.6. The van der Waals surface area contributed by atoms with E-state index in [0.717, 1.165) is 45.4 Å². The molecule has 0 bridgehead atoms. The van der Waals surface area contributed by atoms with E-state index >= 15 is 0 Å². The minimum absolute atomic E-state index is 0.106. The Morgan fingerprint density at radius 3 is 2.39 bits per heavy atom. The molecule has 2 aliphatic rings. The SMILES string of the molecule is CCCN1C(=O)CC(C(=O)OC)C12CCN(Cc1ccc(C(C)C)cc1)CC2. The number of likely N-dealkylation sites (tertiary alicyclic amines) is 2. The monoisotopic (exact) mass is 386 g/mol. The largest absolute Gasteiger partial charge is 0.469 e. The van der Waals surface area contributed by atoms with Gasteiger partial charge in [-0.3, -0.25) is 14.5 Å². The third-order valence-corrected chi connectivity index (χ3v) is 6.57. The van der Waals surface area contributed by atoms with Crippen LogP contribution in [0.4, 0.5) is 0 Å². The second kappa shape index (κ2) is 8.64. The van der Waals surface area contributed by atoms with Gasteiger partial charge in [-0.1, -0.05) is 45.0 Å². The average Bonchev–Trinajstić information content (AvgIpc) is 2.96. The number of esters is 1. The van der Waals surface area contributed by atoms with E-state index in [2.05, 4.69) is 49.9 Å². The molecule has 1 atom stereocenters. The molecule has 0 aromatic heterocycles. The summed E-state index contributed by atoms with van der Waals surface area (Å²) in [4.78, 5) is 29.5. The molecule has 1 aromatic carbocycles. The number of methoxy groups -OCH3 is 1. The molecule has 2 heterocycles. The van der Waals surface area contributed by atoms with E-state index < -0.39 is 0 Å². The number of hydrogen-bond acceptors (Lipinski definition) is 4. The fourth-order valence-electron chi connectivity index (χ4n) is 4.91. The zero-order chi connectivity index (χ0) is 20.3. The molecule has 0 aliphatic carbocycles. The van der Waals surface area contributed by atoms with Gasteiger partial charge in [0.2, 0.25) is 5.91 Å². The summed E-state index contributed by atoms with van der Waals surface area (Å²) in [5.74, 6) is 0.0901. The molecule has 1 aromatic rings. The summed E-state index contributed by atoms with van der Waals surface area (Å²) in [5.41, 5.74) is 2.32. The lowest BCUT2D eigenvalue weighted by Crippen LogP contribution is -2.57. The standard InChI is InChI=1S/C23H34N2O3/c1-5-12-25-21(26)15-20(22(27)28-4)23(25)10-13-24(14-11-23)16-18-6-8-19(9-7-18)17(2)3/h6-9,17,20H,5,10-16H2,1-4H3. The molecule has 5 nitrogen and oxygen atoms in total. The number of piperidine rings is 1. The zero-order valence-corrected chi connectivity index (χ0v) is 17.7. The van der Waals surface area contributed by atoms with Crippen LogP contribution in [0.5, 0.6) is 0 Å². The minimum Gasteiger partial charge on any atom is -0.469 e. The molecule has 5 heteroatoms. The lowest BCUT2D eigenvalue weighted by molar-refractivity contribution is -0.150. The zero-order valence-electron chi connectivity index (χ0n) is 17.7. The Morgan fingerprint density at radius 1 is 1.21 bits per heavy atom. The van der Waals surface area contributed by atoms with Crippen LogP contribution < -0.4 is 0 Å². The molecule has 2 aliphatic heterocycles. The molecule has 3 rings (SSSR count). The molecule has 2 saturated heterocycles. The molecule has 0 radical (unpaired) electrons. The van der Waals surface area contributed by atoms with Gasteiger partial charge in [0.05, 0.1) is 18.6 Å². The fraction of sp³-hybridized carbons (Fsp3) is 0.652. The summed E-state index contributed by atoms with van der Waals surface area (Å²) in [6.07, 6.45) is 2.88. The molecular formula is C23H34N2O3. The first-order valence-electron chi connectivity index (χ1n) is 10.6. The van der Waals surface area contributed by atoms with E-state index in [1.165, 1.54) is 18.2 Å². The second-order valence-electron chi connectivity index (χ2n) is 8.60. The summed E-state index contributed by atoms with van der Waals surface area (Å²) in [6, 6.07) is 8.88. The van der Waals surface area contributed by atoms with Crippen LogP contribution in [-0.2, 0) is 20.9 Å². The number of rotatable bonds is 6. The number of benzene rings is 1. The molecule has 28 heavy (non-hydrogen) atoms. The molecule has 154 valence electrons. The molecular weight excluding hydrogens is 352 g/mol. The van der Waals surface area contributed by atoms with Gasteiger partial charge in [-0.25, -0.2) is 0 Å². The predicted octanol–water partition coefficient (Wildman–Crippen LogP) is 3.58. The number of ether oxygens (including phenoxy) is 1. The number of carbonyl (C=O) groups is 2. The van der Waals surface area contributed by atoms with Gasteiger partial charge in [-0.15, -0.1) is 0 Å². The number of nitrogens with zero attached hydrogens (tertiary/aromatic N) is 2. The Kier molecular flexibility index (Phi) is 6.43. The molecule has 2 fully saturated rings. The third kappa shape index (κ3) is 3.95. The van der Waals surface area contributed by atoms with Crippen LogP contribution in [0.15, 0.2) is 24.3 Å². The van der Waals surface area contributed by atoms with Crippen molar-refractivity contribution >= 4 is 11.9 Å². The van der Waals surface area contributed by atoms with E-state index in [9.17, 15) is 9.59 Å². The fourth-order valence-corrected chi connectivity index (χ4v) is 4.91. The van der Waals surface area contributed by atoms with Gasteiger partial charge < -0.3 is 9.64 Å². The maximum Gasteiger partial charge on any atom is 0.311 e. The van der Waals surface area contributed by atoms with E-state index in [-0.39, 0.29) is 23.3 Å². The van der Waals surface area contributed by atoms with Crippen LogP contribution in [0.2, 0.25) is 0 Å². The summed E-state index contributed by atoms with van der Waals surface area (Å²) < 4.78 is 5.06. The van der Waals surface area contributed by atoms with Crippen molar-refractivity contribution in [1.82, 2.24) is 9.80 Å². The van der Waals surface area contributed by atoms with E-state index in [1.807, 2.05) is 4.90 Å². The summed E-state index contributed by atoms with van der Waals surface area (Å²) in [5, 5.41) is 0. The highest BCUT2D eigenvalue weighted by Gasteiger charge is 2.56. The number of amides is 1. The van der Waals surface area contributed by atoms with Crippen molar-refractivity contribution in [3.05, 3.63) is 35.4 Å². The van der Waals surface area contributed by atoms with Gasteiger partial charge >= 0.3 is 5.97 Å². The van der Waals surface area contributed by atoms with Crippen molar-refractivity contribution in [2.24, 2.45) is 5.92 Å². The van der Waals surface area contributed by atoms with Gasteiger partial charge in [-0.05, 0) is 36.3 Å². The topological polar surface area (TPSA) is 49.9 Å². The lowest BCUT2D eigenvalue weighted by atomic mass is 9.76. The second-order valence-corrected chi connectivity index (χ2v) is 8.60. The van der Waals surface area contributed by atoms with Gasteiger partial charge in [0, 0.05) is 32.6 Å². The highest BCUT2D eigenvalue weighted by molar-refractivity contribution is 5.89. The van der Waals surface area contributed by atoms with Gasteiger partial charge in [0.25, 0.3) is 0 Å². The lowest BCUT2D eigenvalue weighted by Gasteiger charge is -2.47. The van der Waals surface area contributed by atoms with E-state index in [0.29, 0.717) is 12.3 Å². The van der Waals surface area contributed by atoms with Crippen LogP contribution in [0.3, 0.4) is 0 Å². The maximum absolute atomic E-state index is 12.6. The van der Waals surface area contributed by atoms with Crippen molar-refractivity contribution < 1.29 is 14.3 Å². The van der Waals surface area contributed by atoms with Gasteiger partial charge in [0.1, 0.15) is 0 Å². The molecule has 1 spiro atoms. The van der Waals surface area contributed by atoms with Crippen molar-refractivity contribution in [1.29, 1.82) is 0 Å². The molecule has 0 N–H and O–H groups in total. The molecule has 1 amide bonds. The third-order valence-electron chi connectivity index (χ3n) is 6.57. The van der Waals surface area contributed by atoms with E-state index in [1.54, 1.807) is 0 Å². The van der Waals surface area contributed by atoms with Crippen molar-refractivity contribution in [3.8, 4) is 0 Å². The van der Waals surface area contributed by atoms with Crippen molar-refractivity contribution in [2.75, 3.05) is 26.7 Å². The Morgan fingerprint density at radius 2 is 1.86 bits per heavy atom. The summed E-state index contributed by atoms with van der Waals surface area (Å²) in [7, 11) is 1.43. The maximum atomic E-state index is 12.6. The smallest absolute Gasteiger partial charge is 0.311 e. The Hall–Kier alpha value is -1.88. The van der Waals surface area contributed by atoms with E-state index in [4.69, 9.17) is 4.74 Å². The van der Waals surface area contributed by atoms with Crippen molar-refractivity contribution in [2.45, 2.75) is 64.5 Å². The molecule has 0 saturated carbocycles. The summed E-state index contributed by atoms with van der Waals surface area (Å²) in [6.45, 7) is 9.94. The normalized spacial score (nSPS) is 22.2. The highest BCUT2D eigenvalue weighted by atomic mass is 16.5. The first-order chi connectivity index (χ1) is 13.4. The Bertz CT molecular complexity index is 690. The van der Waals surface area contributed by atoms with Crippen LogP contribution in [0, 0.1) is 5.92 Å². The van der Waals surface area contributed by atoms with Crippen LogP contribution in [0.25, 0.3) is 0 Å². The first kappa shape index (κ1) is 20.8. The van der Waals surface area contributed by atoms with Crippen LogP contribution >= 0.6 is 0 Å². The highest BCUT2D eigenvalue weighted by Crippen LogP contribution is 2.44. The molecule has 1 unspecified atom stereocenters. The van der Waals surface area contributed by atoms with Gasteiger partial charge in [-0.2, -0.15) is 0 Å². The Balaban J connectivity index is 1.70. The van der Waals surface area contributed by atoms with Crippen LogP contribution in [-0.4, -0.2) is 54.0 Å². The summed E-state index contributed by atoms with van der Waals surface area (Å²) >= 11 is 0. The van der Waals surface area contributed by atoms with Crippen LogP contribution in [0.1, 0.15) is 63.5 Å². The number of carbonyl (C=O) groups excluding carboxylic acids is 2. The predicted molar refractivity (Wildman–Crippen MR) is 110 cm³/mol. The van der Waals surface area contributed by atoms with Gasteiger partial charge in [0.15, 0.2) is 0 Å². The Labute approximate surface area is 169 Å². The number of hydrogen-bond donors (Lipinski definition) is 0. The quantitative estimate of drug-likeness (QED) is 0.701. The van der Waals surface area contributed by atoms with Crippen molar-refractivity contribution in [3.63, 3.8) is 0 Å².